The molecular weight excluding hydrogens is 234 g/mol. The number of nitrogens with zero attached hydrogens (tertiary/aromatic N) is 1. The van der Waals surface area contributed by atoms with E-state index in [1.807, 2.05) is 13.0 Å². The summed E-state index contributed by atoms with van der Waals surface area (Å²) >= 11 is 0. The van der Waals surface area contributed by atoms with Crippen molar-refractivity contribution in [3.8, 4) is 0 Å². The highest BCUT2D eigenvalue weighted by molar-refractivity contribution is 5.92. The molecule has 1 fully saturated rings. The lowest BCUT2D eigenvalue weighted by Crippen LogP contribution is -2.30. The molecule has 1 unspecified atom stereocenters. The van der Waals surface area contributed by atoms with E-state index >= 15 is 0 Å². The van der Waals surface area contributed by atoms with Crippen LogP contribution in [0.15, 0.2) is 10.5 Å². The Kier molecular flexibility index (Phi) is 4.00. The summed E-state index contributed by atoms with van der Waals surface area (Å²) < 4.78 is 10.8. The molecule has 0 spiro atoms. The van der Waals surface area contributed by atoms with Crippen molar-refractivity contribution in [3.63, 3.8) is 0 Å². The normalized spacial score (nSPS) is 20.3. The van der Waals surface area contributed by atoms with Gasteiger partial charge >= 0.3 is 5.91 Å². The smallest absolute Gasteiger partial charge is 0.301 e. The Bertz CT molecular complexity index is 430. The van der Waals surface area contributed by atoms with Gasteiger partial charge < -0.3 is 9.15 Å². The molecule has 0 radical (unpaired) electrons. The third kappa shape index (κ3) is 2.72. The fraction of sp³-hybridized carbons (Fsp3) is 0.583. The van der Waals surface area contributed by atoms with E-state index < -0.39 is 5.91 Å². The number of carbonyl (C=O) groups excluding carboxylic acids is 1. The van der Waals surface area contributed by atoms with E-state index in [0.29, 0.717) is 12.6 Å². The summed E-state index contributed by atoms with van der Waals surface area (Å²) in [7, 11) is 1.73. The molecule has 0 aromatic carbocycles. The van der Waals surface area contributed by atoms with Gasteiger partial charge in [-0.2, -0.15) is 0 Å². The molecule has 1 saturated heterocycles. The second-order valence-corrected chi connectivity index (χ2v) is 4.58. The Labute approximate surface area is 106 Å². The number of hydrogen-bond donors (Lipinski definition) is 2. The van der Waals surface area contributed by atoms with Gasteiger partial charge in [-0.05, 0) is 19.4 Å². The zero-order valence-electron chi connectivity index (χ0n) is 10.7. The molecule has 0 saturated carbocycles. The minimum atomic E-state index is -0.394. The van der Waals surface area contributed by atoms with Crippen molar-refractivity contribution >= 4 is 5.91 Å². The highest BCUT2D eigenvalue weighted by Gasteiger charge is 2.23. The van der Waals surface area contributed by atoms with Gasteiger partial charge in [0, 0.05) is 25.8 Å². The molecule has 6 heteroatoms. The van der Waals surface area contributed by atoms with Crippen LogP contribution in [-0.2, 0) is 11.3 Å². The largest absolute Gasteiger partial charge is 0.454 e. The van der Waals surface area contributed by atoms with Gasteiger partial charge in [0.2, 0.25) is 0 Å². The van der Waals surface area contributed by atoms with Gasteiger partial charge in [-0.25, -0.2) is 5.84 Å². The molecule has 1 amide bonds. The van der Waals surface area contributed by atoms with E-state index in [9.17, 15) is 4.79 Å². The first-order valence-electron chi connectivity index (χ1n) is 5.99. The number of aryl methyl sites for hydroxylation is 1. The Balaban J connectivity index is 2.00. The minimum Gasteiger partial charge on any atom is -0.454 e. The molecule has 100 valence electrons. The van der Waals surface area contributed by atoms with Gasteiger partial charge in [0.1, 0.15) is 5.76 Å². The van der Waals surface area contributed by atoms with Gasteiger partial charge in [0.15, 0.2) is 5.76 Å². The highest BCUT2D eigenvalue weighted by atomic mass is 16.5. The molecule has 1 aliphatic rings. The van der Waals surface area contributed by atoms with Crippen LogP contribution in [0.4, 0.5) is 0 Å². The Morgan fingerprint density at radius 3 is 3.11 bits per heavy atom. The van der Waals surface area contributed by atoms with Gasteiger partial charge in [-0.15, -0.1) is 0 Å². The number of nitrogen functional groups attached to an aromatic ring is 1. The van der Waals surface area contributed by atoms with Gasteiger partial charge in [-0.3, -0.25) is 15.1 Å². The van der Waals surface area contributed by atoms with Gasteiger partial charge in [-0.1, -0.05) is 0 Å². The van der Waals surface area contributed by atoms with E-state index in [2.05, 4.69) is 10.3 Å². The lowest BCUT2D eigenvalue weighted by atomic mass is 10.2. The van der Waals surface area contributed by atoms with Crippen molar-refractivity contribution in [1.82, 2.24) is 10.3 Å². The molecule has 1 aromatic heterocycles. The number of methoxy groups -OCH3 is 1. The van der Waals surface area contributed by atoms with Crippen LogP contribution >= 0.6 is 0 Å². The number of likely N-dealkylation sites (tertiary alicyclic amines) is 1. The predicted octanol–water partition coefficient (Wildman–Crippen LogP) is 0.412. The summed E-state index contributed by atoms with van der Waals surface area (Å²) in [4.78, 5) is 13.7. The van der Waals surface area contributed by atoms with Crippen molar-refractivity contribution in [2.75, 3.05) is 20.2 Å². The molecule has 3 N–H and O–H groups in total. The van der Waals surface area contributed by atoms with Crippen LogP contribution in [-0.4, -0.2) is 37.1 Å². The number of hydrogen-bond acceptors (Lipinski definition) is 5. The van der Waals surface area contributed by atoms with Crippen LogP contribution in [0.3, 0.4) is 0 Å². The molecule has 2 heterocycles. The molecule has 1 aliphatic heterocycles. The molecule has 2 rings (SSSR count). The van der Waals surface area contributed by atoms with Gasteiger partial charge in [0.05, 0.1) is 12.6 Å². The Hall–Kier alpha value is -1.37. The summed E-state index contributed by atoms with van der Waals surface area (Å²) in [6.07, 6.45) is 1.33. The Morgan fingerprint density at radius 2 is 2.50 bits per heavy atom. The van der Waals surface area contributed by atoms with Crippen molar-refractivity contribution in [3.05, 3.63) is 23.2 Å². The quantitative estimate of drug-likeness (QED) is 0.461. The number of amides is 1. The first-order chi connectivity index (χ1) is 8.63. The lowest BCUT2D eigenvalue weighted by molar-refractivity contribution is 0.0918. The van der Waals surface area contributed by atoms with E-state index in [1.54, 1.807) is 7.11 Å². The van der Waals surface area contributed by atoms with Crippen LogP contribution < -0.4 is 11.3 Å². The SMILES string of the molecule is COC1CCN(Cc2cc(C)c(C(=O)NN)o2)C1. The molecule has 0 aliphatic carbocycles. The molecule has 1 aromatic rings. The fourth-order valence-electron chi connectivity index (χ4n) is 2.27. The van der Waals surface area contributed by atoms with Crippen LogP contribution in [0.1, 0.15) is 28.3 Å². The summed E-state index contributed by atoms with van der Waals surface area (Å²) in [5, 5.41) is 0. The second-order valence-electron chi connectivity index (χ2n) is 4.58. The Morgan fingerprint density at radius 1 is 1.72 bits per heavy atom. The summed E-state index contributed by atoms with van der Waals surface area (Å²) in [6.45, 7) is 4.41. The zero-order chi connectivity index (χ0) is 13.1. The van der Waals surface area contributed by atoms with E-state index in [0.717, 1.165) is 30.8 Å². The average Bonchev–Trinajstić information content (AvgIpc) is 2.95. The van der Waals surface area contributed by atoms with Crippen molar-refractivity contribution in [2.24, 2.45) is 5.84 Å². The van der Waals surface area contributed by atoms with Crippen molar-refractivity contribution in [1.29, 1.82) is 0 Å². The predicted molar refractivity (Wildman–Crippen MR) is 65.8 cm³/mol. The lowest BCUT2D eigenvalue weighted by Gasteiger charge is -2.13. The number of carbonyl (C=O) groups is 1. The van der Waals surface area contributed by atoms with Crippen molar-refractivity contribution < 1.29 is 13.9 Å². The summed E-state index contributed by atoms with van der Waals surface area (Å²) in [6, 6.07) is 1.88. The number of ether oxygens (including phenoxy) is 1. The molecule has 18 heavy (non-hydrogen) atoms. The van der Waals surface area contributed by atoms with E-state index in [4.69, 9.17) is 15.0 Å². The maximum absolute atomic E-state index is 11.4. The molecular formula is C12H19N3O3. The van der Waals surface area contributed by atoms with Crippen LogP contribution in [0.25, 0.3) is 0 Å². The number of nitrogens with two attached hydrogens (primary N) is 1. The first kappa shape index (κ1) is 13.1. The van der Waals surface area contributed by atoms with Crippen LogP contribution in [0.2, 0.25) is 0 Å². The van der Waals surface area contributed by atoms with E-state index in [1.165, 1.54) is 0 Å². The molecule has 1 atom stereocenters. The summed E-state index contributed by atoms with van der Waals surface area (Å²) in [5.74, 6) is 5.77. The standard InChI is InChI=1S/C12H19N3O3/c1-8-5-10(18-11(8)12(16)14-13)7-15-4-3-9(6-15)17-2/h5,9H,3-4,6-7,13H2,1-2H3,(H,14,16). The van der Waals surface area contributed by atoms with Crippen LogP contribution in [0.5, 0.6) is 0 Å². The third-order valence-corrected chi connectivity index (χ3v) is 3.25. The third-order valence-electron chi connectivity index (χ3n) is 3.25. The highest BCUT2D eigenvalue weighted by Crippen LogP contribution is 2.19. The van der Waals surface area contributed by atoms with Gasteiger partial charge in [0.25, 0.3) is 0 Å². The second kappa shape index (κ2) is 5.51. The number of nitrogens with one attached hydrogen (secondary N) is 1. The van der Waals surface area contributed by atoms with E-state index in [-0.39, 0.29) is 5.76 Å². The minimum absolute atomic E-state index is 0.287. The topological polar surface area (TPSA) is 80.7 Å². The van der Waals surface area contributed by atoms with Crippen molar-refractivity contribution in [2.45, 2.75) is 26.0 Å². The average molecular weight is 253 g/mol. The molecule has 6 nitrogen and oxygen atoms in total. The fourth-order valence-corrected chi connectivity index (χ4v) is 2.27. The summed E-state index contributed by atoms with van der Waals surface area (Å²) in [5.41, 5.74) is 2.88. The maximum Gasteiger partial charge on any atom is 0.301 e. The zero-order valence-corrected chi connectivity index (χ0v) is 10.7. The maximum atomic E-state index is 11.4. The monoisotopic (exact) mass is 253 g/mol. The number of furan rings is 1. The molecule has 0 bridgehead atoms. The number of rotatable bonds is 4. The first-order valence-corrected chi connectivity index (χ1v) is 5.99. The van der Waals surface area contributed by atoms with Crippen LogP contribution in [0, 0.1) is 6.92 Å². The number of hydrazine groups is 1.